The number of non-ortho nitro benzene ring substituents is 1. The zero-order valence-corrected chi connectivity index (χ0v) is 21.3. The summed E-state index contributed by atoms with van der Waals surface area (Å²) in [5.74, 6) is -0.596. The van der Waals surface area contributed by atoms with Gasteiger partial charge in [0.15, 0.2) is 0 Å². The predicted molar refractivity (Wildman–Crippen MR) is 137 cm³/mol. The number of hydrogen-bond acceptors (Lipinski definition) is 5. The summed E-state index contributed by atoms with van der Waals surface area (Å²) < 4.78 is 6.42. The molecule has 0 unspecified atom stereocenters. The van der Waals surface area contributed by atoms with Gasteiger partial charge in [0.25, 0.3) is 17.5 Å². The lowest BCUT2D eigenvalue weighted by Crippen LogP contribution is -2.30. The SMILES string of the molecule is COc1ccc(C(=O)NC(=Cc2cccc([N+](=O)[O-])c2)C(=O)Nc2ccc(C)cc2Br)cc1Br. The second kappa shape index (κ2) is 11.1. The fraction of sp³-hybridized carbons (Fsp3) is 0.0833. The Kier molecular flexibility index (Phi) is 8.19. The van der Waals surface area contributed by atoms with E-state index in [2.05, 4.69) is 42.5 Å². The number of ether oxygens (including phenoxy) is 1. The van der Waals surface area contributed by atoms with Crippen LogP contribution >= 0.6 is 31.9 Å². The monoisotopic (exact) mass is 587 g/mol. The average molecular weight is 589 g/mol. The molecule has 0 saturated carbocycles. The van der Waals surface area contributed by atoms with E-state index >= 15 is 0 Å². The Morgan fingerprint density at radius 1 is 1.03 bits per heavy atom. The number of amides is 2. The quantitative estimate of drug-likeness (QED) is 0.204. The highest BCUT2D eigenvalue weighted by Gasteiger charge is 2.18. The molecule has 2 amide bonds. The second-order valence-electron chi connectivity index (χ2n) is 7.15. The van der Waals surface area contributed by atoms with E-state index in [1.807, 2.05) is 19.1 Å². The molecule has 174 valence electrons. The Morgan fingerprint density at radius 2 is 1.79 bits per heavy atom. The van der Waals surface area contributed by atoms with Crippen LogP contribution in [0.4, 0.5) is 11.4 Å². The van der Waals surface area contributed by atoms with Crippen molar-refractivity contribution < 1.29 is 19.2 Å². The van der Waals surface area contributed by atoms with Gasteiger partial charge >= 0.3 is 0 Å². The Hall–Kier alpha value is -3.50. The van der Waals surface area contributed by atoms with Crippen molar-refractivity contribution in [2.24, 2.45) is 0 Å². The Labute approximate surface area is 212 Å². The first-order chi connectivity index (χ1) is 16.2. The third-order valence-electron chi connectivity index (χ3n) is 4.67. The lowest BCUT2D eigenvalue weighted by atomic mass is 10.1. The van der Waals surface area contributed by atoms with Gasteiger partial charge in [-0.15, -0.1) is 0 Å². The number of carbonyl (C=O) groups is 2. The molecule has 0 aliphatic carbocycles. The number of nitro benzene ring substituents is 1. The fourth-order valence-corrected chi connectivity index (χ4v) is 4.10. The predicted octanol–water partition coefficient (Wildman–Crippen LogP) is 5.85. The molecule has 0 bridgehead atoms. The number of methoxy groups -OCH3 is 1. The van der Waals surface area contributed by atoms with Gasteiger partial charge in [0.2, 0.25) is 0 Å². The van der Waals surface area contributed by atoms with Crippen molar-refractivity contribution in [3.05, 3.63) is 102 Å². The van der Waals surface area contributed by atoms with Crippen molar-refractivity contribution in [3.8, 4) is 5.75 Å². The van der Waals surface area contributed by atoms with Crippen molar-refractivity contribution in [2.75, 3.05) is 12.4 Å². The Balaban J connectivity index is 1.96. The van der Waals surface area contributed by atoms with Gasteiger partial charge in [-0.25, -0.2) is 0 Å². The molecule has 0 saturated heterocycles. The van der Waals surface area contributed by atoms with Gasteiger partial charge in [-0.1, -0.05) is 18.2 Å². The lowest BCUT2D eigenvalue weighted by Gasteiger charge is -2.13. The van der Waals surface area contributed by atoms with Crippen molar-refractivity contribution in [1.82, 2.24) is 5.32 Å². The molecule has 0 aliphatic rings. The molecule has 0 atom stereocenters. The summed E-state index contributed by atoms with van der Waals surface area (Å²) in [5.41, 5.74) is 1.92. The van der Waals surface area contributed by atoms with Crippen molar-refractivity contribution in [1.29, 1.82) is 0 Å². The maximum absolute atomic E-state index is 13.1. The van der Waals surface area contributed by atoms with Crippen molar-refractivity contribution in [3.63, 3.8) is 0 Å². The van der Waals surface area contributed by atoms with E-state index in [-0.39, 0.29) is 16.9 Å². The molecule has 0 radical (unpaired) electrons. The van der Waals surface area contributed by atoms with Crippen molar-refractivity contribution in [2.45, 2.75) is 6.92 Å². The van der Waals surface area contributed by atoms with Gasteiger partial charge in [-0.05, 0) is 86.3 Å². The molecule has 0 fully saturated rings. The summed E-state index contributed by atoms with van der Waals surface area (Å²) in [6, 6.07) is 15.9. The molecule has 0 aliphatic heterocycles. The van der Waals surface area contributed by atoms with E-state index in [0.29, 0.717) is 25.9 Å². The van der Waals surface area contributed by atoms with Crippen LogP contribution in [0, 0.1) is 17.0 Å². The van der Waals surface area contributed by atoms with Crippen LogP contribution in [-0.4, -0.2) is 23.8 Å². The minimum absolute atomic E-state index is 0.0927. The molecule has 10 heteroatoms. The van der Waals surface area contributed by atoms with Crippen LogP contribution in [-0.2, 0) is 4.79 Å². The summed E-state index contributed by atoms with van der Waals surface area (Å²) in [6.45, 7) is 1.91. The maximum atomic E-state index is 13.1. The molecule has 34 heavy (non-hydrogen) atoms. The largest absolute Gasteiger partial charge is 0.496 e. The van der Waals surface area contributed by atoms with Crippen LogP contribution in [0.3, 0.4) is 0 Å². The van der Waals surface area contributed by atoms with Crippen LogP contribution in [0.5, 0.6) is 5.75 Å². The minimum atomic E-state index is -0.600. The molecule has 3 rings (SSSR count). The van der Waals surface area contributed by atoms with E-state index in [4.69, 9.17) is 4.74 Å². The van der Waals surface area contributed by atoms with Gasteiger partial charge in [-0.3, -0.25) is 19.7 Å². The van der Waals surface area contributed by atoms with E-state index in [9.17, 15) is 19.7 Å². The number of nitrogens with zero attached hydrogens (tertiary/aromatic N) is 1. The summed E-state index contributed by atoms with van der Waals surface area (Å²) in [6.07, 6.45) is 1.38. The van der Waals surface area contributed by atoms with Crippen molar-refractivity contribution >= 4 is 61.1 Å². The van der Waals surface area contributed by atoms with Gasteiger partial charge < -0.3 is 15.4 Å². The summed E-state index contributed by atoms with van der Waals surface area (Å²) in [4.78, 5) is 36.7. The number of hydrogen-bond donors (Lipinski definition) is 2. The first kappa shape index (κ1) is 25.1. The standard InChI is InChI=1S/C24H19Br2N3O5/c1-14-6-8-20(18(25)10-14)27-24(31)21(12-15-4-3-5-17(11-15)29(32)33)28-23(30)16-7-9-22(34-2)19(26)13-16/h3-13H,1-2H3,(H,27,31)(H,28,30). The maximum Gasteiger partial charge on any atom is 0.272 e. The first-order valence-corrected chi connectivity index (χ1v) is 11.4. The number of carbonyl (C=O) groups excluding carboxylic acids is 2. The molecule has 3 aromatic carbocycles. The lowest BCUT2D eigenvalue weighted by molar-refractivity contribution is -0.384. The molecule has 3 aromatic rings. The zero-order valence-electron chi connectivity index (χ0n) is 18.1. The van der Waals surface area contributed by atoms with Gasteiger partial charge in [0.1, 0.15) is 11.4 Å². The number of benzene rings is 3. The van der Waals surface area contributed by atoms with Crippen LogP contribution in [0.1, 0.15) is 21.5 Å². The highest BCUT2D eigenvalue weighted by atomic mass is 79.9. The Bertz CT molecular complexity index is 1310. The number of nitro groups is 1. The van der Waals surface area contributed by atoms with Gasteiger partial charge in [0, 0.05) is 22.2 Å². The van der Waals surface area contributed by atoms with Crippen LogP contribution in [0.15, 0.2) is 75.3 Å². The molecular formula is C24H19Br2N3O5. The molecule has 2 N–H and O–H groups in total. The molecule has 0 aromatic heterocycles. The summed E-state index contributed by atoms with van der Waals surface area (Å²) in [7, 11) is 1.51. The molecule has 0 heterocycles. The van der Waals surface area contributed by atoms with Crippen LogP contribution in [0.2, 0.25) is 0 Å². The number of halogens is 2. The summed E-state index contributed by atoms with van der Waals surface area (Å²) >= 11 is 6.75. The fourth-order valence-electron chi connectivity index (χ4n) is 2.97. The summed E-state index contributed by atoms with van der Waals surface area (Å²) in [5, 5.41) is 16.5. The van der Waals surface area contributed by atoms with E-state index in [1.165, 1.54) is 31.4 Å². The zero-order chi connectivity index (χ0) is 24.8. The number of aryl methyl sites for hydroxylation is 1. The smallest absolute Gasteiger partial charge is 0.272 e. The topological polar surface area (TPSA) is 111 Å². The Morgan fingerprint density at radius 3 is 2.44 bits per heavy atom. The molecule has 0 spiro atoms. The normalized spacial score (nSPS) is 11.0. The highest BCUT2D eigenvalue weighted by Crippen LogP contribution is 2.26. The van der Waals surface area contributed by atoms with Gasteiger partial charge in [-0.2, -0.15) is 0 Å². The first-order valence-electron chi connectivity index (χ1n) is 9.86. The molecular weight excluding hydrogens is 570 g/mol. The van der Waals surface area contributed by atoms with Crippen LogP contribution < -0.4 is 15.4 Å². The number of anilines is 1. The van der Waals surface area contributed by atoms with Gasteiger partial charge in [0.05, 0.1) is 22.2 Å². The highest BCUT2D eigenvalue weighted by molar-refractivity contribution is 9.11. The third kappa shape index (κ3) is 6.30. The minimum Gasteiger partial charge on any atom is -0.496 e. The van der Waals surface area contributed by atoms with E-state index < -0.39 is 16.7 Å². The molecule has 8 nitrogen and oxygen atoms in total. The number of nitrogens with one attached hydrogen (secondary N) is 2. The van der Waals surface area contributed by atoms with E-state index in [0.717, 1.165) is 5.56 Å². The average Bonchev–Trinajstić information content (AvgIpc) is 2.80. The second-order valence-corrected chi connectivity index (χ2v) is 8.86. The van der Waals surface area contributed by atoms with E-state index in [1.54, 1.807) is 30.3 Å². The third-order valence-corrected chi connectivity index (χ3v) is 5.95. The number of rotatable bonds is 7. The van der Waals surface area contributed by atoms with Crippen LogP contribution in [0.25, 0.3) is 6.08 Å².